The lowest BCUT2D eigenvalue weighted by atomic mass is 10.1. The molecule has 76 valence electrons. The molecule has 1 fully saturated rings. The van der Waals surface area contributed by atoms with Crippen LogP contribution < -0.4 is 0 Å². The Labute approximate surface area is 86.1 Å². The molecule has 0 amide bonds. The van der Waals surface area contributed by atoms with Gasteiger partial charge in [0.1, 0.15) is 5.67 Å². The van der Waals surface area contributed by atoms with E-state index in [4.69, 9.17) is 10.7 Å². The smallest absolute Gasteiger partial charge is 0.239 e. The van der Waals surface area contributed by atoms with Crippen molar-refractivity contribution in [1.82, 2.24) is 0 Å². The third-order valence-corrected chi connectivity index (χ3v) is 3.71. The van der Waals surface area contributed by atoms with Gasteiger partial charge in [-0.2, -0.15) is 0 Å². The zero-order chi connectivity index (χ0) is 10.4. The predicted octanol–water partition coefficient (Wildman–Crippen LogP) is 2.57. The van der Waals surface area contributed by atoms with E-state index in [1.807, 2.05) is 0 Å². The molecule has 1 aliphatic rings. The Hall–Kier alpha value is -0.610. The first-order valence-corrected chi connectivity index (χ1v) is 6.47. The zero-order valence-electron chi connectivity index (χ0n) is 7.20. The third kappa shape index (κ3) is 1.77. The fraction of sp³-hybridized carbons (Fsp3) is 0.333. The second-order valence-corrected chi connectivity index (χ2v) is 5.99. The van der Waals surface area contributed by atoms with Crippen LogP contribution in [0, 0.1) is 0 Å². The number of hydrogen-bond donors (Lipinski definition) is 0. The van der Waals surface area contributed by atoms with Crippen LogP contribution in [0.25, 0.3) is 0 Å². The van der Waals surface area contributed by atoms with Crippen LogP contribution in [0.15, 0.2) is 29.2 Å². The van der Waals surface area contributed by atoms with Gasteiger partial charge >= 0.3 is 0 Å². The lowest BCUT2D eigenvalue weighted by molar-refractivity contribution is 0.317. The maximum Gasteiger partial charge on any atom is 0.261 e. The minimum Gasteiger partial charge on any atom is -0.239 e. The molecule has 2 nitrogen and oxygen atoms in total. The van der Waals surface area contributed by atoms with Crippen molar-refractivity contribution >= 4 is 19.7 Å². The van der Waals surface area contributed by atoms with Gasteiger partial charge < -0.3 is 0 Å². The summed E-state index contributed by atoms with van der Waals surface area (Å²) in [6.45, 7) is 0. The maximum absolute atomic E-state index is 13.5. The van der Waals surface area contributed by atoms with Crippen molar-refractivity contribution in [1.29, 1.82) is 0 Å². The summed E-state index contributed by atoms with van der Waals surface area (Å²) < 4.78 is 35.2. The Morgan fingerprint density at radius 1 is 1.21 bits per heavy atom. The largest absolute Gasteiger partial charge is 0.261 e. The summed E-state index contributed by atoms with van der Waals surface area (Å²) in [4.78, 5) is 0.00664. The number of alkyl halides is 1. The molecular weight excluding hydrogens is 227 g/mol. The van der Waals surface area contributed by atoms with Gasteiger partial charge in [0.25, 0.3) is 9.05 Å². The predicted molar refractivity (Wildman–Crippen MR) is 51.5 cm³/mol. The fourth-order valence-corrected chi connectivity index (χ4v) is 2.08. The monoisotopic (exact) mass is 234 g/mol. The molecule has 0 aromatic heterocycles. The van der Waals surface area contributed by atoms with Crippen LogP contribution in [0.1, 0.15) is 18.4 Å². The van der Waals surface area contributed by atoms with Crippen LogP contribution in [0.2, 0.25) is 0 Å². The quantitative estimate of drug-likeness (QED) is 0.737. The van der Waals surface area contributed by atoms with E-state index in [2.05, 4.69) is 0 Å². The molecule has 0 atom stereocenters. The van der Waals surface area contributed by atoms with Crippen molar-refractivity contribution in [3.05, 3.63) is 29.8 Å². The fourth-order valence-electron chi connectivity index (χ4n) is 1.31. The molecule has 0 bridgehead atoms. The van der Waals surface area contributed by atoms with Crippen LogP contribution in [0.3, 0.4) is 0 Å². The summed E-state index contributed by atoms with van der Waals surface area (Å²) in [5.74, 6) is 0. The highest BCUT2D eigenvalue weighted by atomic mass is 35.7. The van der Waals surface area contributed by atoms with E-state index in [1.54, 1.807) is 0 Å². The normalized spacial score (nSPS) is 19.3. The molecule has 0 aliphatic heterocycles. The van der Waals surface area contributed by atoms with Gasteiger partial charge in [-0.3, -0.25) is 0 Å². The molecule has 0 radical (unpaired) electrons. The standard InChI is InChI=1S/C9H8ClFO2S/c10-14(12,13)8-3-1-7(2-4-8)9(11)5-6-9/h1-4H,5-6H2. The Morgan fingerprint density at radius 3 is 2.07 bits per heavy atom. The Morgan fingerprint density at radius 2 is 1.71 bits per heavy atom. The van der Waals surface area contributed by atoms with Crippen molar-refractivity contribution in [3.8, 4) is 0 Å². The first-order valence-electron chi connectivity index (χ1n) is 4.16. The molecule has 0 unspecified atom stereocenters. The van der Waals surface area contributed by atoms with Gasteiger partial charge in [-0.15, -0.1) is 0 Å². The summed E-state index contributed by atoms with van der Waals surface area (Å²) in [7, 11) is 1.42. The zero-order valence-corrected chi connectivity index (χ0v) is 8.78. The highest BCUT2D eigenvalue weighted by molar-refractivity contribution is 8.13. The molecule has 5 heteroatoms. The summed E-state index contributed by atoms with van der Waals surface area (Å²) in [5.41, 5.74) is -0.698. The molecule has 0 heterocycles. The summed E-state index contributed by atoms with van der Waals surface area (Å²) >= 11 is 0. The second-order valence-electron chi connectivity index (χ2n) is 3.43. The molecule has 0 N–H and O–H groups in total. The van der Waals surface area contributed by atoms with E-state index in [0.29, 0.717) is 18.4 Å². The molecule has 0 saturated heterocycles. The van der Waals surface area contributed by atoms with Crippen LogP contribution in [-0.4, -0.2) is 8.42 Å². The molecular formula is C9H8ClFO2S. The van der Waals surface area contributed by atoms with Crippen molar-refractivity contribution in [3.63, 3.8) is 0 Å². The highest BCUT2D eigenvalue weighted by Gasteiger charge is 2.44. The molecule has 1 saturated carbocycles. The van der Waals surface area contributed by atoms with Gasteiger partial charge in [-0.25, -0.2) is 12.8 Å². The van der Waals surface area contributed by atoms with Crippen molar-refractivity contribution in [2.24, 2.45) is 0 Å². The number of benzene rings is 1. The topological polar surface area (TPSA) is 34.1 Å². The van der Waals surface area contributed by atoms with Crippen LogP contribution >= 0.6 is 10.7 Å². The van der Waals surface area contributed by atoms with Crippen molar-refractivity contribution in [2.75, 3.05) is 0 Å². The van der Waals surface area contributed by atoms with E-state index in [1.165, 1.54) is 24.3 Å². The first kappa shape index (κ1) is 9.93. The van der Waals surface area contributed by atoms with Gasteiger partial charge in [0.15, 0.2) is 0 Å². The molecule has 1 aliphatic carbocycles. The van der Waals surface area contributed by atoms with Gasteiger partial charge in [0.05, 0.1) is 4.90 Å². The summed E-state index contributed by atoms with van der Waals surface area (Å²) in [6, 6.07) is 5.61. The van der Waals surface area contributed by atoms with E-state index < -0.39 is 14.7 Å². The number of halogens is 2. The van der Waals surface area contributed by atoms with E-state index in [0.717, 1.165) is 0 Å². The Kier molecular flexibility index (Phi) is 2.08. The molecule has 1 aromatic rings. The number of rotatable bonds is 2. The van der Waals surface area contributed by atoms with Crippen LogP contribution in [0.4, 0.5) is 4.39 Å². The van der Waals surface area contributed by atoms with E-state index >= 15 is 0 Å². The summed E-state index contributed by atoms with van der Waals surface area (Å²) in [5, 5.41) is 0. The number of hydrogen-bond acceptors (Lipinski definition) is 2. The second kappa shape index (κ2) is 2.94. The maximum atomic E-state index is 13.5. The van der Waals surface area contributed by atoms with Crippen LogP contribution in [0.5, 0.6) is 0 Å². The van der Waals surface area contributed by atoms with Gasteiger partial charge in [-0.05, 0) is 30.5 Å². The summed E-state index contributed by atoms with van der Waals surface area (Å²) in [6.07, 6.45) is 1.03. The van der Waals surface area contributed by atoms with Crippen LogP contribution in [-0.2, 0) is 14.7 Å². The third-order valence-electron chi connectivity index (χ3n) is 2.34. The lowest BCUT2D eigenvalue weighted by Crippen LogP contribution is -1.98. The Balaban J connectivity index is 2.36. The average Bonchev–Trinajstić information content (AvgIpc) is 2.84. The van der Waals surface area contributed by atoms with Crippen molar-refractivity contribution < 1.29 is 12.8 Å². The first-order chi connectivity index (χ1) is 6.42. The van der Waals surface area contributed by atoms with Gasteiger partial charge in [0, 0.05) is 10.7 Å². The minimum absolute atomic E-state index is 0.00664. The molecule has 2 rings (SSSR count). The van der Waals surface area contributed by atoms with Crippen molar-refractivity contribution in [2.45, 2.75) is 23.4 Å². The van der Waals surface area contributed by atoms with E-state index in [9.17, 15) is 12.8 Å². The van der Waals surface area contributed by atoms with Gasteiger partial charge in [0.2, 0.25) is 0 Å². The SMILES string of the molecule is O=S(=O)(Cl)c1ccc(C2(F)CC2)cc1. The minimum atomic E-state index is -3.69. The average molecular weight is 235 g/mol. The lowest BCUT2D eigenvalue weighted by Gasteiger charge is -2.04. The molecule has 0 spiro atoms. The molecule has 14 heavy (non-hydrogen) atoms. The van der Waals surface area contributed by atoms with Gasteiger partial charge in [-0.1, -0.05) is 12.1 Å². The Bertz CT molecular complexity index is 448. The highest BCUT2D eigenvalue weighted by Crippen LogP contribution is 2.49. The molecule has 1 aromatic carbocycles. The van der Waals surface area contributed by atoms with E-state index in [-0.39, 0.29) is 4.90 Å².